The number of carboxylic acids is 1. The van der Waals surface area contributed by atoms with Crippen LogP contribution >= 0.6 is 0 Å². The summed E-state index contributed by atoms with van der Waals surface area (Å²) in [5, 5.41) is 9.46. The Labute approximate surface area is 165 Å². The zero-order valence-electron chi connectivity index (χ0n) is 16.4. The van der Waals surface area contributed by atoms with Crippen molar-refractivity contribution in [3.63, 3.8) is 0 Å². The van der Waals surface area contributed by atoms with Crippen LogP contribution in [0.2, 0.25) is 0 Å². The molecule has 0 bridgehead atoms. The SMILES string of the molecule is CC(C)(C)Oc1ccc(CC(N)C(C(=O)O)C(=O)OCc2ccccc2)cc1. The molecule has 0 aliphatic rings. The second-order valence-corrected chi connectivity index (χ2v) is 7.64. The summed E-state index contributed by atoms with van der Waals surface area (Å²) in [4.78, 5) is 23.9. The molecule has 0 aromatic heterocycles. The molecule has 6 heteroatoms. The van der Waals surface area contributed by atoms with Crippen molar-refractivity contribution >= 4 is 11.9 Å². The van der Waals surface area contributed by atoms with Gasteiger partial charge in [-0.15, -0.1) is 0 Å². The third-order valence-electron chi connectivity index (χ3n) is 3.99. The molecule has 150 valence electrons. The molecule has 2 atom stereocenters. The average Bonchev–Trinajstić information content (AvgIpc) is 2.61. The molecule has 2 unspecified atom stereocenters. The number of hydrogen-bond donors (Lipinski definition) is 2. The van der Waals surface area contributed by atoms with Gasteiger partial charge in [-0.2, -0.15) is 0 Å². The minimum absolute atomic E-state index is 0.00894. The van der Waals surface area contributed by atoms with E-state index in [1.807, 2.05) is 51.1 Å². The molecule has 0 heterocycles. The van der Waals surface area contributed by atoms with Gasteiger partial charge in [-0.1, -0.05) is 42.5 Å². The molecule has 3 N–H and O–H groups in total. The Hall–Kier alpha value is -2.86. The van der Waals surface area contributed by atoms with E-state index in [4.69, 9.17) is 15.2 Å². The Morgan fingerprint density at radius 1 is 1.00 bits per heavy atom. The highest BCUT2D eigenvalue weighted by molar-refractivity contribution is 5.94. The summed E-state index contributed by atoms with van der Waals surface area (Å²) in [5.41, 5.74) is 7.33. The highest BCUT2D eigenvalue weighted by Gasteiger charge is 2.34. The van der Waals surface area contributed by atoms with Crippen LogP contribution in [0.1, 0.15) is 31.9 Å². The third kappa shape index (κ3) is 6.70. The fourth-order valence-electron chi connectivity index (χ4n) is 2.71. The fourth-order valence-corrected chi connectivity index (χ4v) is 2.71. The maximum Gasteiger partial charge on any atom is 0.322 e. The van der Waals surface area contributed by atoms with Crippen molar-refractivity contribution in [3.8, 4) is 5.75 Å². The minimum Gasteiger partial charge on any atom is -0.488 e. The highest BCUT2D eigenvalue weighted by Crippen LogP contribution is 2.20. The first-order valence-corrected chi connectivity index (χ1v) is 9.12. The van der Waals surface area contributed by atoms with Gasteiger partial charge in [0.25, 0.3) is 0 Å². The highest BCUT2D eigenvalue weighted by atomic mass is 16.5. The largest absolute Gasteiger partial charge is 0.488 e. The zero-order valence-corrected chi connectivity index (χ0v) is 16.4. The van der Waals surface area contributed by atoms with E-state index in [1.54, 1.807) is 24.3 Å². The standard InChI is InChI=1S/C22H27NO5/c1-22(2,3)28-17-11-9-15(10-12-17)13-18(23)19(20(24)25)21(26)27-14-16-7-5-4-6-8-16/h4-12,18-19H,13-14,23H2,1-3H3,(H,24,25). The fraction of sp³-hybridized carbons (Fsp3) is 0.364. The van der Waals surface area contributed by atoms with Crippen molar-refractivity contribution < 1.29 is 24.2 Å². The van der Waals surface area contributed by atoms with Gasteiger partial charge in [0.05, 0.1) is 0 Å². The zero-order chi connectivity index (χ0) is 20.7. The van der Waals surface area contributed by atoms with E-state index in [-0.39, 0.29) is 18.6 Å². The smallest absolute Gasteiger partial charge is 0.322 e. The Morgan fingerprint density at radius 3 is 2.14 bits per heavy atom. The Balaban J connectivity index is 1.99. The molecule has 0 aliphatic heterocycles. The molecule has 2 aromatic rings. The maximum absolute atomic E-state index is 12.3. The van der Waals surface area contributed by atoms with Crippen molar-refractivity contribution in [2.45, 2.75) is 45.4 Å². The number of esters is 1. The Bertz CT molecular complexity index is 781. The minimum atomic E-state index is -1.44. The van der Waals surface area contributed by atoms with Crippen LogP contribution in [0.4, 0.5) is 0 Å². The summed E-state index contributed by atoms with van der Waals surface area (Å²) in [7, 11) is 0. The van der Waals surface area contributed by atoms with E-state index in [1.165, 1.54) is 0 Å². The van der Waals surface area contributed by atoms with Gasteiger partial charge in [0.15, 0.2) is 5.92 Å². The van der Waals surface area contributed by atoms with Gasteiger partial charge < -0.3 is 20.3 Å². The Kier molecular flexibility index (Phi) is 7.18. The molecular formula is C22H27NO5. The summed E-state index contributed by atoms with van der Waals surface area (Å²) < 4.78 is 10.9. The van der Waals surface area contributed by atoms with Crippen LogP contribution in [-0.2, 0) is 27.4 Å². The normalized spacial score (nSPS) is 13.4. The van der Waals surface area contributed by atoms with Gasteiger partial charge in [-0.3, -0.25) is 9.59 Å². The Morgan fingerprint density at radius 2 is 1.61 bits per heavy atom. The molecule has 2 rings (SSSR count). The average molecular weight is 385 g/mol. The van der Waals surface area contributed by atoms with Gasteiger partial charge in [0.1, 0.15) is 18.0 Å². The molecule has 0 radical (unpaired) electrons. The van der Waals surface area contributed by atoms with Crippen molar-refractivity contribution in [1.29, 1.82) is 0 Å². The first-order valence-electron chi connectivity index (χ1n) is 9.12. The van der Waals surface area contributed by atoms with E-state index in [9.17, 15) is 14.7 Å². The van der Waals surface area contributed by atoms with Crippen LogP contribution in [0.5, 0.6) is 5.75 Å². The van der Waals surface area contributed by atoms with Crippen molar-refractivity contribution in [1.82, 2.24) is 0 Å². The molecule has 0 saturated carbocycles. The van der Waals surface area contributed by atoms with Crippen molar-refractivity contribution in [3.05, 3.63) is 65.7 Å². The number of nitrogens with two attached hydrogens (primary N) is 1. The summed E-state index contributed by atoms with van der Waals surface area (Å²) in [6.07, 6.45) is 0.229. The lowest BCUT2D eigenvalue weighted by molar-refractivity contribution is -0.160. The van der Waals surface area contributed by atoms with E-state index in [0.29, 0.717) is 5.75 Å². The molecule has 28 heavy (non-hydrogen) atoms. The number of ether oxygens (including phenoxy) is 2. The molecule has 0 amide bonds. The predicted molar refractivity (Wildman–Crippen MR) is 106 cm³/mol. The quantitative estimate of drug-likeness (QED) is 0.535. The van der Waals surface area contributed by atoms with Crippen LogP contribution in [0.25, 0.3) is 0 Å². The van der Waals surface area contributed by atoms with Crippen LogP contribution in [0, 0.1) is 5.92 Å². The van der Waals surface area contributed by atoms with E-state index < -0.39 is 23.9 Å². The number of benzene rings is 2. The monoisotopic (exact) mass is 385 g/mol. The molecule has 2 aromatic carbocycles. The van der Waals surface area contributed by atoms with Gasteiger partial charge >= 0.3 is 11.9 Å². The molecule has 0 fully saturated rings. The van der Waals surface area contributed by atoms with E-state index in [2.05, 4.69) is 0 Å². The topological polar surface area (TPSA) is 98.9 Å². The van der Waals surface area contributed by atoms with Crippen molar-refractivity contribution in [2.75, 3.05) is 0 Å². The first kappa shape index (κ1) is 21.4. The number of aliphatic carboxylic acids is 1. The van der Waals surface area contributed by atoms with Crippen LogP contribution in [0.15, 0.2) is 54.6 Å². The number of carbonyl (C=O) groups excluding carboxylic acids is 1. The summed E-state index contributed by atoms with van der Waals surface area (Å²) in [6.45, 7) is 5.87. The third-order valence-corrected chi connectivity index (χ3v) is 3.99. The lowest BCUT2D eigenvalue weighted by Crippen LogP contribution is -2.43. The van der Waals surface area contributed by atoms with Crippen LogP contribution in [0.3, 0.4) is 0 Å². The van der Waals surface area contributed by atoms with Gasteiger partial charge in [0.2, 0.25) is 0 Å². The summed E-state index contributed by atoms with van der Waals surface area (Å²) in [6, 6.07) is 15.4. The number of carboxylic acid groups (broad SMARTS) is 1. The maximum atomic E-state index is 12.3. The molecule has 6 nitrogen and oxygen atoms in total. The van der Waals surface area contributed by atoms with Crippen LogP contribution in [-0.4, -0.2) is 28.7 Å². The van der Waals surface area contributed by atoms with Gasteiger partial charge in [-0.05, 0) is 50.5 Å². The molecule has 0 aliphatic carbocycles. The number of carbonyl (C=O) groups is 2. The lowest BCUT2D eigenvalue weighted by atomic mass is 9.94. The predicted octanol–water partition coefficient (Wildman–Crippen LogP) is 3.18. The van der Waals surface area contributed by atoms with Gasteiger partial charge in [-0.25, -0.2) is 0 Å². The number of hydrogen-bond acceptors (Lipinski definition) is 5. The van der Waals surface area contributed by atoms with Crippen molar-refractivity contribution in [2.24, 2.45) is 11.7 Å². The number of rotatable bonds is 8. The van der Waals surface area contributed by atoms with Gasteiger partial charge in [0, 0.05) is 6.04 Å². The summed E-state index contributed by atoms with van der Waals surface area (Å²) >= 11 is 0. The summed E-state index contributed by atoms with van der Waals surface area (Å²) in [5.74, 6) is -2.86. The van der Waals surface area contributed by atoms with E-state index in [0.717, 1.165) is 11.1 Å². The van der Waals surface area contributed by atoms with E-state index >= 15 is 0 Å². The second kappa shape index (κ2) is 9.37. The molecule has 0 saturated heterocycles. The first-order chi connectivity index (χ1) is 13.2. The molecule has 0 spiro atoms. The lowest BCUT2D eigenvalue weighted by Gasteiger charge is -2.22. The van der Waals surface area contributed by atoms with Crippen LogP contribution < -0.4 is 10.5 Å². The molecular weight excluding hydrogens is 358 g/mol. The second-order valence-electron chi connectivity index (χ2n) is 7.64.